The highest BCUT2D eigenvalue weighted by molar-refractivity contribution is 7.91. The Kier molecular flexibility index (Phi) is 5.12. The molecule has 2 heterocycles. The minimum Gasteiger partial charge on any atom is -0.368 e. The maximum atomic E-state index is 13.7. The average molecular weight is 461 g/mol. The Hall–Kier alpha value is -3.87. The summed E-state index contributed by atoms with van der Waals surface area (Å²) in [5, 5.41) is 13.0. The largest absolute Gasteiger partial charge is 0.417 e. The van der Waals surface area contributed by atoms with Crippen molar-refractivity contribution in [1.29, 1.82) is 0 Å². The van der Waals surface area contributed by atoms with Gasteiger partial charge in [-0.25, -0.2) is 18.4 Å². The van der Waals surface area contributed by atoms with Crippen molar-refractivity contribution in [2.24, 2.45) is 0 Å². The van der Waals surface area contributed by atoms with Gasteiger partial charge in [0.15, 0.2) is 9.84 Å². The molecule has 32 heavy (non-hydrogen) atoms. The summed E-state index contributed by atoms with van der Waals surface area (Å²) in [6.45, 7) is 0. The average Bonchev–Trinajstić information content (AvgIpc) is 3.26. The van der Waals surface area contributed by atoms with E-state index in [0.717, 1.165) is 6.07 Å². The first kappa shape index (κ1) is 21.4. The van der Waals surface area contributed by atoms with Crippen LogP contribution in [0.4, 0.5) is 19.1 Å². The molecule has 0 fully saturated rings. The fourth-order valence-corrected chi connectivity index (χ4v) is 4.46. The number of nitrogens with zero attached hydrogens (tertiary/aromatic N) is 5. The Bertz CT molecular complexity index is 1400. The number of benzene rings is 2. The lowest BCUT2D eigenvalue weighted by Crippen LogP contribution is -2.15. The van der Waals surface area contributed by atoms with E-state index in [1.54, 1.807) is 30.3 Å². The van der Waals surface area contributed by atoms with Gasteiger partial charge < -0.3 is 5.73 Å². The Morgan fingerprint density at radius 3 is 2.44 bits per heavy atom. The number of anilines is 1. The van der Waals surface area contributed by atoms with E-state index in [1.807, 2.05) is 0 Å². The highest BCUT2D eigenvalue weighted by atomic mass is 32.2. The van der Waals surface area contributed by atoms with E-state index >= 15 is 0 Å². The number of nitrogen functional groups attached to an aromatic ring is 1. The Labute approximate surface area is 179 Å². The van der Waals surface area contributed by atoms with Gasteiger partial charge in [-0.1, -0.05) is 24.3 Å². The third-order valence-electron chi connectivity index (χ3n) is 4.55. The van der Waals surface area contributed by atoms with Crippen LogP contribution in [0.15, 0.2) is 53.6 Å². The number of halogens is 3. The first-order valence-electron chi connectivity index (χ1n) is 8.93. The predicted octanol–water partition coefficient (Wildman–Crippen LogP) is 3.00. The molecule has 0 amide bonds. The monoisotopic (exact) mass is 461 g/mol. The number of hydrogen-bond donors (Lipinski definition) is 2. The zero-order chi connectivity index (χ0) is 23.1. The van der Waals surface area contributed by atoms with E-state index in [1.165, 1.54) is 12.3 Å². The van der Waals surface area contributed by atoms with Gasteiger partial charge in [0.1, 0.15) is 0 Å². The highest BCUT2D eigenvalue weighted by Gasteiger charge is 2.39. The van der Waals surface area contributed by atoms with Gasteiger partial charge >= 0.3 is 6.18 Å². The molecule has 0 atom stereocenters. The Morgan fingerprint density at radius 1 is 1.06 bits per heavy atom. The molecular formula is C19H14F3N7O2S. The fraction of sp³-hybridized carbons (Fsp3) is 0.105. The summed E-state index contributed by atoms with van der Waals surface area (Å²) in [5.74, 6) is -0.238. The topological polar surface area (TPSA) is 140 Å². The third-order valence-corrected chi connectivity index (χ3v) is 5.71. The minimum absolute atomic E-state index is 0.0503. The van der Waals surface area contributed by atoms with E-state index in [9.17, 15) is 21.6 Å². The van der Waals surface area contributed by atoms with Gasteiger partial charge in [-0.05, 0) is 34.5 Å². The lowest BCUT2D eigenvalue weighted by molar-refractivity contribution is -0.139. The van der Waals surface area contributed by atoms with Crippen molar-refractivity contribution in [1.82, 2.24) is 30.6 Å². The summed E-state index contributed by atoms with van der Waals surface area (Å²) >= 11 is 0. The van der Waals surface area contributed by atoms with Crippen LogP contribution in [0.5, 0.6) is 0 Å². The number of nitrogens with one attached hydrogen (secondary N) is 1. The standard InChI is InChI=1S/C19H14F3N7O2S/c1-32(30,31)16-13(19(20,21)22)6-5-12(15(16)17-26-28-29-27-17)10-3-2-4-11(9-10)14-7-8-24-18(23)25-14/h2-9H,1H3,(H2,23,24,25)(H,26,27,28,29). The predicted molar refractivity (Wildman–Crippen MR) is 109 cm³/mol. The van der Waals surface area contributed by atoms with Gasteiger partial charge in [-0.15, -0.1) is 10.2 Å². The molecular weight excluding hydrogens is 447 g/mol. The summed E-state index contributed by atoms with van der Waals surface area (Å²) in [6, 6.07) is 10.2. The number of alkyl halides is 3. The van der Waals surface area contributed by atoms with Crippen LogP contribution in [0, 0.1) is 0 Å². The van der Waals surface area contributed by atoms with Crippen molar-refractivity contribution < 1.29 is 21.6 Å². The van der Waals surface area contributed by atoms with Crippen LogP contribution in [0.25, 0.3) is 33.8 Å². The molecule has 2 aromatic heterocycles. The number of tetrazole rings is 1. The van der Waals surface area contributed by atoms with Gasteiger partial charge in [-0.3, -0.25) is 0 Å². The maximum Gasteiger partial charge on any atom is 0.417 e. The number of aromatic amines is 1. The summed E-state index contributed by atoms with van der Waals surface area (Å²) < 4.78 is 66.1. The fourth-order valence-electron chi connectivity index (χ4n) is 3.30. The molecule has 0 unspecified atom stereocenters. The van der Waals surface area contributed by atoms with Crippen LogP contribution in [0.3, 0.4) is 0 Å². The van der Waals surface area contributed by atoms with Gasteiger partial charge in [0.2, 0.25) is 11.8 Å². The van der Waals surface area contributed by atoms with Crippen molar-refractivity contribution >= 4 is 15.8 Å². The van der Waals surface area contributed by atoms with E-state index in [-0.39, 0.29) is 22.9 Å². The molecule has 2 aromatic carbocycles. The molecule has 3 N–H and O–H groups in total. The lowest BCUT2D eigenvalue weighted by atomic mass is 9.95. The summed E-state index contributed by atoms with van der Waals surface area (Å²) in [6.07, 6.45) is -2.75. The van der Waals surface area contributed by atoms with Crippen molar-refractivity contribution in [3.63, 3.8) is 0 Å². The number of hydrogen-bond acceptors (Lipinski definition) is 8. The molecule has 164 valence electrons. The molecule has 13 heteroatoms. The van der Waals surface area contributed by atoms with Crippen LogP contribution >= 0.6 is 0 Å². The number of nitrogens with two attached hydrogens (primary N) is 1. The van der Waals surface area contributed by atoms with Crippen molar-refractivity contribution in [2.45, 2.75) is 11.1 Å². The van der Waals surface area contributed by atoms with E-state index in [2.05, 4.69) is 30.6 Å². The van der Waals surface area contributed by atoms with Crippen molar-refractivity contribution in [3.05, 3.63) is 54.2 Å². The van der Waals surface area contributed by atoms with Crippen LogP contribution in [-0.2, 0) is 16.0 Å². The van der Waals surface area contributed by atoms with Gasteiger partial charge in [-0.2, -0.15) is 18.4 Å². The second-order valence-electron chi connectivity index (χ2n) is 6.75. The molecule has 0 radical (unpaired) electrons. The van der Waals surface area contributed by atoms with E-state index in [0.29, 0.717) is 23.1 Å². The molecule has 0 aliphatic carbocycles. The summed E-state index contributed by atoms with van der Waals surface area (Å²) in [7, 11) is -4.35. The summed E-state index contributed by atoms with van der Waals surface area (Å²) in [4.78, 5) is 7.04. The number of sulfone groups is 1. The van der Waals surface area contributed by atoms with E-state index in [4.69, 9.17) is 5.73 Å². The number of aromatic nitrogens is 6. The lowest BCUT2D eigenvalue weighted by Gasteiger charge is -2.18. The maximum absolute atomic E-state index is 13.7. The molecule has 0 saturated carbocycles. The van der Waals surface area contributed by atoms with Gasteiger partial charge in [0.25, 0.3) is 0 Å². The van der Waals surface area contributed by atoms with Gasteiger partial charge in [0, 0.05) is 18.0 Å². The smallest absolute Gasteiger partial charge is 0.368 e. The Morgan fingerprint density at radius 2 is 1.81 bits per heavy atom. The van der Waals surface area contributed by atoms with Crippen LogP contribution in [0.1, 0.15) is 5.56 Å². The summed E-state index contributed by atoms with van der Waals surface area (Å²) in [5.41, 5.74) is 5.67. The van der Waals surface area contributed by atoms with Crippen LogP contribution in [-0.4, -0.2) is 45.3 Å². The number of rotatable bonds is 4. The molecule has 4 aromatic rings. The number of H-pyrrole nitrogens is 1. The quantitative estimate of drug-likeness (QED) is 0.473. The first-order valence-corrected chi connectivity index (χ1v) is 10.8. The highest BCUT2D eigenvalue weighted by Crippen LogP contribution is 2.43. The Balaban J connectivity index is 2.04. The molecule has 0 spiro atoms. The van der Waals surface area contributed by atoms with Gasteiger partial charge in [0.05, 0.1) is 21.7 Å². The minimum atomic E-state index is -4.92. The second kappa shape index (κ2) is 7.67. The normalized spacial score (nSPS) is 12.1. The SMILES string of the molecule is CS(=O)(=O)c1c(C(F)(F)F)ccc(-c2cccc(-c3ccnc(N)n3)c2)c1-c1nn[nH]n1. The van der Waals surface area contributed by atoms with Crippen molar-refractivity contribution in [2.75, 3.05) is 12.0 Å². The van der Waals surface area contributed by atoms with Crippen LogP contribution in [0.2, 0.25) is 0 Å². The molecule has 9 nitrogen and oxygen atoms in total. The second-order valence-corrected chi connectivity index (χ2v) is 8.70. The van der Waals surface area contributed by atoms with Crippen LogP contribution < -0.4 is 5.73 Å². The first-order chi connectivity index (χ1) is 15.1. The molecule has 0 bridgehead atoms. The zero-order valence-corrected chi connectivity index (χ0v) is 17.1. The third kappa shape index (κ3) is 4.01. The molecule has 0 saturated heterocycles. The molecule has 4 rings (SSSR count). The molecule has 0 aliphatic heterocycles. The van der Waals surface area contributed by atoms with Crippen molar-refractivity contribution in [3.8, 4) is 33.8 Å². The zero-order valence-electron chi connectivity index (χ0n) is 16.3. The molecule has 0 aliphatic rings. The van der Waals surface area contributed by atoms with E-state index < -0.39 is 26.5 Å².